The van der Waals surface area contributed by atoms with Gasteiger partial charge in [0.15, 0.2) is 0 Å². The van der Waals surface area contributed by atoms with Gasteiger partial charge in [-0.15, -0.1) is 11.3 Å². The minimum absolute atomic E-state index is 0.494. The fourth-order valence-corrected chi connectivity index (χ4v) is 3.19. The van der Waals surface area contributed by atoms with Crippen molar-refractivity contribution < 1.29 is 0 Å². The van der Waals surface area contributed by atoms with E-state index in [9.17, 15) is 0 Å². The number of hydrogen-bond acceptors (Lipinski definition) is 3. The molecule has 0 fully saturated rings. The molecule has 102 valence electrons. The van der Waals surface area contributed by atoms with Crippen LogP contribution in [0.2, 0.25) is 0 Å². The summed E-state index contributed by atoms with van der Waals surface area (Å²) < 4.78 is 1.36. The molecule has 1 aromatic carbocycles. The first kappa shape index (κ1) is 14.4. The van der Waals surface area contributed by atoms with E-state index in [-0.39, 0.29) is 0 Å². The number of hydrogen-bond donors (Lipinski definition) is 1. The van der Waals surface area contributed by atoms with Gasteiger partial charge in [-0.05, 0) is 36.2 Å². The summed E-state index contributed by atoms with van der Waals surface area (Å²) in [7, 11) is 0. The van der Waals surface area contributed by atoms with Crippen molar-refractivity contribution in [3.63, 3.8) is 0 Å². The predicted octanol–water partition coefficient (Wildman–Crippen LogP) is 3.79. The van der Waals surface area contributed by atoms with Crippen molar-refractivity contribution in [1.82, 2.24) is 4.90 Å². The van der Waals surface area contributed by atoms with E-state index in [1.54, 1.807) is 0 Å². The average Bonchev–Trinajstić information content (AvgIpc) is 2.77. The second-order valence-corrected chi connectivity index (χ2v) is 6.47. The number of nitrogens with two attached hydrogens (primary N) is 1. The standard InChI is InChI=1S/C15H20N2S2/c1-11(2)17(8-7-15(16)18)9-12-10-19-14-6-4-3-5-13(12)14/h3-6,10-11H,7-9H2,1-2H3,(H2,16,18). The zero-order valence-corrected chi connectivity index (χ0v) is 13.1. The third-order valence-corrected chi connectivity index (χ3v) is 4.53. The normalized spacial score (nSPS) is 11.6. The molecule has 2 nitrogen and oxygen atoms in total. The monoisotopic (exact) mass is 292 g/mol. The molecule has 1 aromatic heterocycles. The molecular weight excluding hydrogens is 272 g/mol. The number of fused-ring (bicyclic) bond motifs is 1. The van der Waals surface area contributed by atoms with E-state index >= 15 is 0 Å². The van der Waals surface area contributed by atoms with E-state index in [1.165, 1.54) is 15.6 Å². The minimum Gasteiger partial charge on any atom is -0.393 e. The maximum atomic E-state index is 5.61. The predicted molar refractivity (Wildman–Crippen MR) is 88.8 cm³/mol. The highest BCUT2D eigenvalue weighted by atomic mass is 32.1. The molecule has 0 unspecified atom stereocenters. The highest BCUT2D eigenvalue weighted by Gasteiger charge is 2.13. The topological polar surface area (TPSA) is 29.3 Å². The van der Waals surface area contributed by atoms with Crippen LogP contribution in [0.15, 0.2) is 29.6 Å². The summed E-state index contributed by atoms with van der Waals surface area (Å²) in [5.74, 6) is 0. The van der Waals surface area contributed by atoms with Crippen molar-refractivity contribution in [3.8, 4) is 0 Å². The lowest BCUT2D eigenvalue weighted by atomic mass is 10.1. The summed E-state index contributed by atoms with van der Waals surface area (Å²) in [6.45, 7) is 6.32. The van der Waals surface area contributed by atoms with Crippen LogP contribution in [-0.2, 0) is 6.54 Å². The molecule has 0 amide bonds. The highest BCUT2D eigenvalue weighted by molar-refractivity contribution is 7.80. The fraction of sp³-hybridized carbons (Fsp3) is 0.400. The van der Waals surface area contributed by atoms with Crippen molar-refractivity contribution in [2.45, 2.75) is 32.9 Å². The second-order valence-electron chi connectivity index (χ2n) is 5.04. The molecule has 2 rings (SSSR count). The zero-order chi connectivity index (χ0) is 13.8. The first-order valence-electron chi connectivity index (χ1n) is 6.55. The third kappa shape index (κ3) is 3.75. The van der Waals surface area contributed by atoms with Gasteiger partial charge < -0.3 is 5.73 Å². The van der Waals surface area contributed by atoms with Crippen molar-refractivity contribution in [2.24, 2.45) is 5.73 Å². The molecule has 19 heavy (non-hydrogen) atoms. The smallest absolute Gasteiger partial charge is 0.0740 e. The Hall–Kier alpha value is -0.970. The molecule has 0 saturated heterocycles. The van der Waals surface area contributed by atoms with Gasteiger partial charge in [0.05, 0.1) is 4.99 Å². The van der Waals surface area contributed by atoms with Crippen molar-refractivity contribution in [2.75, 3.05) is 6.54 Å². The van der Waals surface area contributed by atoms with Gasteiger partial charge in [-0.1, -0.05) is 30.4 Å². The summed E-state index contributed by atoms with van der Waals surface area (Å²) in [4.78, 5) is 3.02. The van der Waals surface area contributed by atoms with E-state index in [0.717, 1.165) is 19.5 Å². The van der Waals surface area contributed by atoms with Gasteiger partial charge in [-0.25, -0.2) is 0 Å². The highest BCUT2D eigenvalue weighted by Crippen LogP contribution is 2.27. The van der Waals surface area contributed by atoms with Crippen molar-refractivity contribution >= 4 is 38.6 Å². The van der Waals surface area contributed by atoms with Gasteiger partial charge >= 0.3 is 0 Å². The Kier molecular flexibility index (Phi) is 4.91. The van der Waals surface area contributed by atoms with Gasteiger partial charge in [0.2, 0.25) is 0 Å². The molecule has 0 atom stereocenters. The van der Waals surface area contributed by atoms with E-state index in [4.69, 9.17) is 18.0 Å². The van der Waals surface area contributed by atoms with Crippen molar-refractivity contribution in [3.05, 3.63) is 35.2 Å². The van der Waals surface area contributed by atoms with Crippen LogP contribution in [0.3, 0.4) is 0 Å². The van der Waals surface area contributed by atoms with Crippen LogP contribution in [0, 0.1) is 0 Å². The zero-order valence-electron chi connectivity index (χ0n) is 11.4. The largest absolute Gasteiger partial charge is 0.393 e. The molecule has 0 bridgehead atoms. The molecule has 1 heterocycles. The maximum Gasteiger partial charge on any atom is 0.0740 e. The Morgan fingerprint density at radius 1 is 1.37 bits per heavy atom. The summed E-state index contributed by atoms with van der Waals surface area (Å²) in [5.41, 5.74) is 7.01. The Morgan fingerprint density at radius 2 is 2.11 bits per heavy atom. The maximum absolute atomic E-state index is 5.61. The lowest BCUT2D eigenvalue weighted by molar-refractivity contribution is 0.220. The lowest BCUT2D eigenvalue weighted by Crippen LogP contribution is -2.33. The Bertz CT molecular complexity index is 560. The van der Waals surface area contributed by atoms with E-state index in [2.05, 4.69) is 48.4 Å². The van der Waals surface area contributed by atoms with E-state index in [1.807, 2.05) is 11.3 Å². The van der Waals surface area contributed by atoms with Gasteiger partial charge in [0.25, 0.3) is 0 Å². The van der Waals surface area contributed by atoms with Gasteiger partial charge in [0.1, 0.15) is 0 Å². The summed E-state index contributed by atoms with van der Waals surface area (Å²) in [5, 5.41) is 3.63. The van der Waals surface area contributed by atoms with Crippen LogP contribution in [0.1, 0.15) is 25.8 Å². The molecule has 0 spiro atoms. The van der Waals surface area contributed by atoms with E-state index < -0.39 is 0 Å². The minimum atomic E-state index is 0.494. The second kappa shape index (κ2) is 6.46. The molecule has 0 saturated carbocycles. The summed E-state index contributed by atoms with van der Waals surface area (Å²) in [6.07, 6.45) is 0.787. The molecule has 4 heteroatoms. The first-order chi connectivity index (χ1) is 9.08. The van der Waals surface area contributed by atoms with Crippen LogP contribution >= 0.6 is 23.6 Å². The molecule has 0 aliphatic rings. The van der Waals surface area contributed by atoms with Crippen LogP contribution in [0.4, 0.5) is 0 Å². The van der Waals surface area contributed by atoms with Gasteiger partial charge in [-0.2, -0.15) is 0 Å². The van der Waals surface area contributed by atoms with Gasteiger partial charge in [-0.3, -0.25) is 4.90 Å². The number of thiophene rings is 1. The van der Waals surface area contributed by atoms with Crippen LogP contribution < -0.4 is 5.73 Å². The number of benzene rings is 1. The molecule has 0 aliphatic carbocycles. The molecule has 0 radical (unpaired) electrons. The molecule has 2 aromatic rings. The third-order valence-electron chi connectivity index (χ3n) is 3.31. The van der Waals surface area contributed by atoms with E-state index in [0.29, 0.717) is 11.0 Å². The van der Waals surface area contributed by atoms with Crippen LogP contribution in [0.5, 0.6) is 0 Å². The quantitative estimate of drug-likeness (QED) is 0.821. The first-order valence-corrected chi connectivity index (χ1v) is 7.84. The number of rotatable bonds is 6. The van der Waals surface area contributed by atoms with Crippen LogP contribution in [0.25, 0.3) is 10.1 Å². The molecule has 0 aliphatic heterocycles. The Labute approximate surface area is 124 Å². The lowest BCUT2D eigenvalue weighted by Gasteiger charge is -2.26. The fourth-order valence-electron chi connectivity index (χ4n) is 2.15. The van der Waals surface area contributed by atoms with Crippen LogP contribution in [-0.4, -0.2) is 22.5 Å². The van der Waals surface area contributed by atoms with Gasteiger partial charge in [0, 0.05) is 30.3 Å². The Morgan fingerprint density at radius 3 is 2.79 bits per heavy atom. The molecule has 2 N–H and O–H groups in total. The summed E-state index contributed by atoms with van der Waals surface area (Å²) in [6, 6.07) is 9.07. The average molecular weight is 292 g/mol. The summed E-state index contributed by atoms with van der Waals surface area (Å²) >= 11 is 6.79. The molecular formula is C15H20N2S2. The Balaban J connectivity index is 2.14. The number of nitrogens with zero attached hydrogens (tertiary/aromatic N) is 1. The SMILES string of the molecule is CC(C)N(CCC(N)=S)Cc1csc2ccccc12. The number of thiocarbonyl (C=S) groups is 1. The van der Waals surface area contributed by atoms with Crippen molar-refractivity contribution in [1.29, 1.82) is 0 Å².